The number of carbonyl (C=O) groups is 2. The van der Waals surface area contributed by atoms with Crippen LogP contribution in [0.15, 0.2) is 36.5 Å². The molecule has 8 heteroatoms. The molecule has 0 saturated carbocycles. The molecule has 3 rings (SSSR count). The summed E-state index contributed by atoms with van der Waals surface area (Å²) >= 11 is 0. The number of anilines is 3. The molecular formula is C20H23FN4O3. The van der Waals surface area contributed by atoms with Crippen molar-refractivity contribution in [2.75, 3.05) is 22.1 Å². The third-order valence-electron chi connectivity index (χ3n) is 4.01. The minimum Gasteiger partial charge on any atom is -0.444 e. The van der Waals surface area contributed by atoms with Gasteiger partial charge in [-0.2, -0.15) is 0 Å². The molecule has 2 aromatic rings. The Labute approximate surface area is 162 Å². The third-order valence-corrected chi connectivity index (χ3v) is 4.01. The molecule has 0 atom stereocenters. The molecule has 1 aromatic heterocycles. The summed E-state index contributed by atoms with van der Waals surface area (Å²) in [6, 6.07) is 7.87. The van der Waals surface area contributed by atoms with Gasteiger partial charge in [-0.15, -0.1) is 0 Å². The molecule has 7 nitrogen and oxygen atoms in total. The molecule has 0 fully saturated rings. The number of rotatable bonds is 3. The SMILES string of the molecule is CC(C)(C)OC(=O)Nc1ccc(CN2CCC(=O)Nc3cc(F)ccc32)cn1. The molecule has 0 unspecified atom stereocenters. The maximum atomic E-state index is 13.5. The summed E-state index contributed by atoms with van der Waals surface area (Å²) in [4.78, 5) is 29.9. The van der Waals surface area contributed by atoms with Crippen LogP contribution in [0.25, 0.3) is 0 Å². The lowest BCUT2D eigenvalue weighted by Gasteiger charge is -2.24. The molecule has 2 N–H and O–H groups in total. The minimum atomic E-state index is -0.588. The zero-order valence-electron chi connectivity index (χ0n) is 16.1. The number of carbonyl (C=O) groups excluding carboxylic acids is 2. The van der Waals surface area contributed by atoms with Crippen molar-refractivity contribution in [3.05, 3.63) is 47.9 Å². The van der Waals surface area contributed by atoms with Crippen LogP contribution in [0.3, 0.4) is 0 Å². The van der Waals surface area contributed by atoms with E-state index in [-0.39, 0.29) is 5.91 Å². The van der Waals surface area contributed by atoms with Crippen molar-refractivity contribution < 1.29 is 18.7 Å². The molecule has 0 bridgehead atoms. The molecule has 0 saturated heterocycles. The number of aromatic nitrogens is 1. The summed E-state index contributed by atoms with van der Waals surface area (Å²) in [6.45, 7) is 6.35. The highest BCUT2D eigenvalue weighted by atomic mass is 19.1. The largest absolute Gasteiger partial charge is 0.444 e. The van der Waals surface area contributed by atoms with Crippen molar-refractivity contribution in [2.24, 2.45) is 0 Å². The van der Waals surface area contributed by atoms with Crippen LogP contribution in [0.5, 0.6) is 0 Å². The molecule has 28 heavy (non-hydrogen) atoms. The summed E-state index contributed by atoms with van der Waals surface area (Å²) in [7, 11) is 0. The average molecular weight is 386 g/mol. The van der Waals surface area contributed by atoms with Gasteiger partial charge in [0.05, 0.1) is 11.4 Å². The number of hydrogen-bond donors (Lipinski definition) is 2. The van der Waals surface area contributed by atoms with E-state index in [0.29, 0.717) is 31.0 Å². The Morgan fingerprint density at radius 3 is 2.79 bits per heavy atom. The molecule has 1 aliphatic heterocycles. The van der Waals surface area contributed by atoms with Gasteiger partial charge < -0.3 is 15.0 Å². The highest BCUT2D eigenvalue weighted by Crippen LogP contribution is 2.30. The average Bonchev–Trinajstić information content (AvgIpc) is 2.73. The monoisotopic (exact) mass is 386 g/mol. The molecule has 148 valence electrons. The van der Waals surface area contributed by atoms with E-state index in [1.54, 1.807) is 39.1 Å². The van der Waals surface area contributed by atoms with Crippen molar-refractivity contribution in [1.29, 1.82) is 0 Å². The number of nitrogens with one attached hydrogen (secondary N) is 2. The summed E-state index contributed by atoms with van der Waals surface area (Å²) in [6.07, 6.45) is 1.39. The van der Waals surface area contributed by atoms with E-state index < -0.39 is 17.5 Å². The molecule has 1 aromatic carbocycles. The van der Waals surface area contributed by atoms with Crippen LogP contribution in [0, 0.1) is 5.82 Å². The first-order chi connectivity index (χ1) is 13.2. The Bertz CT molecular complexity index is 878. The number of fused-ring (bicyclic) bond motifs is 1. The molecule has 2 heterocycles. The van der Waals surface area contributed by atoms with E-state index in [9.17, 15) is 14.0 Å². The predicted molar refractivity (Wildman–Crippen MR) is 105 cm³/mol. The third kappa shape index (κ3) is 5.18. The van der Waals surface area contributed by atoms with Gasteiger partial charge in [-0.1, -0.05) is 6.07 Å². The first-order valence-corrected chi connectivity index (χ1v) is 8.99. The molecule has 2 amide bonds. The van der Waals surface area contributed by atoms with E-state index in [2.05, 4.69) is 15.6 Å². The molecule has 0 aliphatic carbocycles. The highest BCUT2D eigenvalue weighted by Gasteiger charge is 2.20. The van der Waals surface area contributed by atoms with Gasteiger partial charge in [-0.25, -0.2) is 14.2 Å². The maximum absolute atomic E-state index is 13.5. The van der Waals surface area contributed by atoms with Crippen LogP contribution < -0.4 is 15.5 Å². The fraction of sp³-hybridized carbons (Fsp3) is 0.350. The van der Waals surface area contributed by atoms with E-state index in [1.807, 2.05) is 11.0 Å². The quantitative estimate of drug-likeness (QED) is 0.835. The van der Waals surface area contributed by atoms with Crippen molar-refractivity contribution in [3.63, 3.8) is 0 Å². The minimum absolute atomic E-state index is 0.149. The summed E-state index contributed by atoms with van der Waals surface area (Å²) < 4.78 is 18.7. The standard InChI is InChI=1S/C20H23FN4O3/c1-20(2,3)28-19(27)24-17-7-4-13(11-22-17)12-25-9-8-18(26)23-15-10-14(21)5-6-16(15)25/h4-7,10-11H,8-9,12H2,1-3H3,(H,23,26)(H,22,24,27). The summed E-state index contributed by atoms with van der Waals surface area (Å²) in [5, 5.41) is 5.32. The molecular weight excluding hydrogens is 363 g/mol. The molecule has 1 aliphatic rings. The van der Waals surface area contributed by atoms with Crippen LogP contribution >= 0.6 is 0 Å². The van der Waals surface area contributed by atoms with Crippen molar-refractivity contribution in [3.8, 4) is 0 Å². The Hall–Kier alpha value is -3.16. The van der Waals surface area contributed by atoms with Gasteiger partial charge in [0.25, 0.3) is 0 Å². The Balaban J connectivity index is 1.70. The van der Waals surface area contributed by atoms with Gasteiger partial charge in [-0.05, 0) is 50.6 Å². The predicted octanol–water partition coefficient (Wildman–Crippen LogP) is 3.92. The first kappa shape index (κ1) is 19.6. The second-order valence-electron chi connectivity index (χ2n) is 7.56. The Morgan fingerprint density at radius 2 is 2.11 bits per heavy atom. The van der Waals surface area contributed by atoms with Gasteiger partial charge in [0.15, 0.2) is 0 Å². The van der Waals surface area contributed by atoms with Crippen LogP contribution in [0.4, 0.5) is 26.4 Å². The number of hydrogen-bond acceptors (Lipinski definition) is 5. The topological polar surface area (TPSA) is 83.6 Å². The fourth-order valence-electron chi connectivity index (χ4n) is 2.84. The lowest BCUT2D eigenvalue weighted by molar-refractivity contribution is -0.115. The molecule has 0 spiro atoms. The lowest BCUT2D eigenvalue weighted by Crippen LogP contribution is -2.27. The summed E-state index contributed by atoms with van der Waals surface area (Å²) in [5.41, 5.74) is 1.51. The van der Waals surface area contributed by atoms with E-state index in [4.69, 9.17) is 4.74 Å². The molecule has 0 radical (unpaired) electrons. The Morgan fingerprint density at radius 1 is 1.32 bits per heavy atom. The summed E-state index contributed by atoms with van der Waals surface area (Å²) in [5.74, 6) is -0.169. The van der Waals surface area contributed by atoms with Gasteiger partial charge >= 0.3 is 6.09 Å². The van der Waals surface area contributed by atoms with E-state index in [1.165, 1.54) is 12.1 Å². The number of nitrogens with zero attached hydrogens (tertiary/aromatic N) is 2. The normalized spacial score (nSPS) is 14.0. The van der Waals surface area contributed by atoms with Crippen LogP contribution in [0.2, 0.25) is 0 Å². The number of halogens is 1. The van der Waals surface area contributed by atoms with Crippen LogP contribution in [-0.2, 0) is 16.1 Å². The van der Waals surface area contributed by atoms with E-state index >= 15 is 0 Å². The number of benzene rings is 1. The van der Waals surface area contributed by atoms with Crippen molar-refractivity contribution >= 4 is 29.2 Å². The van der Waals surface area contributed by atoms with Crippen molar-refractivity contribution in [2.45, 2.75) is 39.3 Å². The Kier molecular flexibility index (Phi) is 5.48. The lowest BCUT2D eigenvalue weighted by atomic mass is 10.2. The zero-order valence-corrected chi connectivity index (χ0v) is 16.1. The number of pyridine rings is 1. The second kappa shape index (κ2) is 7.84. The highest BCUT2D eigenvalue weighted by molar-refractivity contribution is 5.96. The number of ether oxygens (including phenoxy) is 1. The fourth-order valence-corrected chi connectivity index (χ4v) is 2.84. The number of amides is 2. The van der Waals surface area contributed by atoms with Crippen LogP contribution in [0.1, 0.15) is 32.8 Å². The maximum Gasteiger partial charge on any atom is 0.413 e. The van der Waals surface area contributed by atoms with Gasteiger partial charge in [0.1, 0.15) is 17.2 Å². The smallest absolute Gasteiger partial charge is 0.413 e. The van der Waals surface area contributed by atoms with Crippen molar-refractivity contribution in [1.82, 2.24) is 4.98 Å². The van der Waals surface area contributed by atoms with E-state index in [0.717, 1.165) is 11.3 Å². The zero-order chi connectivity index (χ0) is 20.3. The van der Waals surface area contributed by atoms with Gasteiger partial charge in [0, 0.05) is 25.7 Å². The van der Waals surface area contributed by atoms with Gasteiger partial charge in [0.2, 0.25) is 5.91 Å². The first-order valence-electron chi connectivity index (χ1n) is 8.99. The second-order valence-corrected chi connectivity index (χ2v) is 7.56. The van der Waals surface area contributed by atoms with Crippen LogP contribution in [-0.4, -0.2) is 29.1 Å². The van der Waals surface area contributed by atoms with Gasteiger partial charge in [-0.3, -0.25) is 10.1 Å².